The second-order valence-electron chi connectivity index (χ2n) is 24.2. The summed E-state index contributed by atoms with van der Waals surface area (Å²) >= 11 is 0. The molecule has 1 atom stereocenters. The molecule has 3 aliphatic heterocycles. The first kappa shape index (κ1) is 59.8. The molecule has 13 heterocycles. The lowest BCUT2D eigenvalue weighted by Gasteiger charge is -2.31. The van der Waals surface area contributed by atoms with Crippen LogP contribution in [0.15, 0.2) is 116 Å². The van der Waals surface area contributed by atoms with Crippen molar-refractivity contribution in [2.45, 2.75) is 91.0 Å². The Balaban J connectivity index is 0.000000121. The molecular formula is C68H67F4N19O. The highest BCUT2D eigenvalue weighted by atomic mass is 19.1. The van der Waals surface area contributed by atoms with Crippen LogP contribution in [-0.2, 0) is 6.54 Å². The molecule has 1 unspecified atom stereocenters. The van der Waals surface area contributed by atoms with Gasteiger partial charge in [0, 0.05) is 82.1 Å². The van der Waals surface area contributed by atoms with Gasteiger partial charge in [-0.25, -0.2) is 46.5 Å². The zero-order chi connectivity index (χ0) is 63.1. The Kier molecular flexibility index (Phi) is 16.6. The van der Waals surface area contributed by atoms with Gasteiger partial charge >= 0.3 is 0 Å². The number of nitrogens with one attached hydrogen (secondary N) is 2. The SMILES string of the molecule is CCN1CCC(c2cc(F)c3cc(-c4cc(F)c5nc(C)cn5c4)nnc3c2)CC1.Cc1cn2nc(-c3cc(F)c4cc(C5CCNC5)nnc4c3)cc(C)c2n1.Cc1cn2nc(-c3cc(F)c4cc(C5CCNCC5)nnc4c3)cc(OCCn3ccnc3)c2n1. The number of benzene rings is 3. The zero-order valence-electron chi connectivity index (χ0n) is 51.6. The summed E-state index contributed by atoms with van der Waals surface area (Å²) in [4.78, 5) is 19.6. The average molecular weight is 1240 g/mol. The van der Waals surface area contributed by atoms with Crippen molar-refractivity contribution >= 4 is 49.7 Å². The number of likely N-dealkylation sites (tertiary alicyclic amines) is 1. The largest absolute Gasteiger partial charge is 0.488 e. The number of piperidine rings is 2. The summed E-state index contributed by atoms with van der Waals surface area (Å²) in [6.07, 6.45) is 17.5. The molecule has 20 nitrogen and oxygen atoms in total. The molecule has 24 heteroatoms. The normalized spacial score (nSPS) is 15.9. The number of aromatic nitrogens is 16. The first-order valence-electron chi connectivity index (χ1n) is 31.2. The lowest BCUT2D eigenvalue weighted by atomic mass is 9.88. The Hall–Kier alpha value is -9.78. The van der Waals surface area contributed by atoms with Crippen LogP contribution in [0.2, 0.25) is 0 Å². The maximum atomic E-state index is 15.3. The molecule has 3 fully saturated rings. The van der Waals surface area contributed by atoms with E-state index in [4.69, 9.17) is 4.74 Å². The number of imidazole rings is 4. The average Bonchev–Trinajstić information content (AvgIpc) is 1.29. The fourth-order valence-electron chi connectivity index (χ4n) is 12.7. The lowest BCUT2D eigenvalue weighted by molar-refractivity contribution is 0.222. The number of rotatable bonds is 11. The Labute approximate surface area is 526 Å². The highest BCUT2D eigenvalue weighted by Crippen LogP contribution is 2.35. The van der Waals surface area contributed by atoms with Gasteiger partial charge < -0.3 is 29.2 Å². The van der Waals surface area contributed by atoms with Gasteiger partial charge in [-0.1, -0.05) is 6.92 Å². The number of nitrogens with zero attached hydrogens (tertiary/aromatic N) is 17. The van der Waals surface area contributed by atoms with Gasteiger partial charge in [-0.15, -0.1) is 10.2 Å². The predicted molar refractivity (Wildman–Crippen MR) is 342 cm³/mol. The van der Waals surface area contributed by atoms with E-state index >= 15 is 8.78 Å². The molecule has 468 valence electrons. The molecule has 0 aliphatic carbocycles. The molecule has 3 saturated heterocycles. The van der Waals surface area contributed by atoms with E-state index in [0.717, 1.165) is 123 Å². The van der Waals surface area contributed by atoms with E-state index in [1.54, 1.807) is 63.5 Å². The first-order chi connectivity index (χ1) is 44.7. The van der Waals surface area contributed by atoms with Crippen molar-refractivity contribution < 1.29 is 22.3 Å². The second-order valence-corrected chi connectivity index (χ2v) is 24.2. The van der Waals surface area contributed by atoms with E-state index < -0.39 is 5.82 Å². The number of ether oxygens (including phenoxy) is 1. The molecule has 92 heavy (non-hydrogen) atoms. The standard InChI is InChI=1S/C25H25FN8O.C23H23F2N5.C20H19FN6/c1-16-14-34-25(29-16)24(35-9-8-33-7-6-28-15-33)13-22(32-34)18-10-20(26)19-12-21(30-31-23(19)11-18)17-2-4-27-5-3-17;1-3-29-6-4-15(5-7-29)16-8-19(24)18-11-21(27-28-22(18)10-16)17-9-20(25)23-26-14(2)12-30(23)13-17;1-11-5-18(26-27-10-12(2)23-20(11)27)14-6-16(21)15-8-17(13-3-4-22-9-13)24-25-19(15)7-14/h6-7,10-15,17,27H,2-5,8-9H2,1H3;8-13,15H,3-7H2,1-2H3;5-8,10,13,22H,3-4,9H2,1-2H3. The monoisotopic (exact) mass is 1240 g/mol. The van der Waals surface area contributed by atoms with E-state index in [0.29, 0.717) is 109 Å². The van der Waals surface area contributed by atoms with Crippen molar-refractivity contribution in [3.8, 4) is 39.5 Å². The smallest absolute Gasteiger partial charge is 0.196 e. The van der Waals surface area contributed by atoms with E-state index in [-0.39, 0.29) is 23.1 Å². The topological polar surface area (TPSA) is 209 Å². The summed E-state index contributed by atoms with van der Waals surface area (Å²) in [5.74, 6) is 0.137. The van der Waals surface area contributed by atoms with Crippen LogP contribution in [0.5, 0.6) is 5.75 Å². The molecule has 0 spiro atoms. The van der Waals surface area contributed by atoms with Crippen LogP contribution < -0.4 is 15.4 Å². The van der Waals surface area contributed by atoms with Gasteiger partial charge in [-0.2, -0.15) is 30.6 Å². The van der Waals surface area contributed by atoms with Gasteiger partial charge in [0.15, 0.2) is 28.5 Å². The van der Waals surface area contributed by atoms with Crippen molar-refractivity contribution in [2.75, 3.05) is 52.4 Å². The zero-order valence-corrected chi connectivity index (χ0v) is 51.6. The third-order valence-corrected chi connectivity index (χ3v) is 17.7. The summed E-state index contributed by atoms with van der Waals surface area (Å²) in [5, 5.41) is 43.3. The summed E-state index contributed by atoms with van der Waals surface area (Å²) in [6.45, 7) is 17.7. The van der Waals surface area contributed by atoms with E-state index in [2.05, 4.69) is 83.2 Å². The molecule has 0 amide bonds. The Morgan fingerprint density at radius 3 is 1.78 bits per heavy atom. The third-order valence-electron chi connectivity index (χ3n) is 17.7. The number of fused-ring (bicyclic) bond motifs is 6. The molecule has 16 rings (SSSR count). The molecule has 3 aromatic carbocycles. The van der Waals surface area contributed by atoms with Crippen LogP contribution in [-0.4, -0.2) is 136 Å². The third kappa shape index (κ3) is 12.4. The van der Waals surface area contributed by atoms with Crippen LogP contribution >= 0.6 is 0 Å². The van der Waals surface area contributed by atoms with Crippen molar-refractivity contribution in [3.63, 3.8) is 0 Å². The number of aryl methyl sites for hydroxylation is 4. The second kappa shape index (κ2) is 25.5. The van der Waals surface area contributed by atoms with Crippen molar-refractivity contribution in [2.24, 2.45) is 0 Å². The number of hydrogen-bond donors (Lipinski definition) is 2. The summed E-state index contributed by atoms with van der Waals surface area (Å²) < 4.78 is 72.7. The Bertz CT molecular complexity index is 4870. The van der Waals surface area contributed by atoms with Crippen LogP contribution in [0.4, 0.5) is 17.6 Å². The molecule has 3 aliphatic rings. The van der Waals surface area contributed by atoms with Crippen LogP contribution in [0.1, 0.15) is 96.4 Å². The van der Waals surface area contributed by atoms with Gasteiger partial charge in [0.25, 0.3) is 0 Å². The molecule has 13 aromatic rings. The maximum absolute atomic E-state index is 15.3. The number of hydrogen-bond acceptors (Lipinski definition) is 16. The minimum Gasteiger partial charge on any atom is -0.488 e. The predicted octanol–water partition coefficient (Wildman–Crippen LogP) is 11.4. The van der Waals surface area contributed by atoms with Crippen LogP contribution in [0, 0.1) is 51.0 Å². The number of pyridine rings is 1. The Morgan fingerprint density at radius 2 is 1.11 bits per heavy atom. The number of halogens is 4. The van der Waals surface area contributed by atoms with Crippen molar-refractivity contribution in [1.29, 1.82) is 0 Å². The van der Waals surface area contributed by atoms with Gasteiger partial charge in [0.05, 0.1) is 87.4 Å². The van der Waals surface area contributed by atoms with Gasteiger partial charge in [0.2, 0.25) is 0 Å². The molecule has 0 radical (unpaired) electrons. The molecule has 0 bridgehead atoms. The minimum atomic E-state index is -0.447. The van der Waals surface area contributed by atoms with Gasteiger partial charge in [0.1, 0.15) is 24.1 Å². The van der Waals surface area contributed by atoms with Crippen LogP contribution in [0.3, 0.4) is 0 Å². The fourth-order valence-corrected chi connectivity index (χ4v) is 12.7. The first-order valence-corrected chi connectivity index (χ1v) is 31.2. The summed E-state index contributed by atoms with van der Waals surface area (Å²) in [6, 6.07) is 20.7. The molecule has 2 N–H and O–H groups in total. The highest BCUT2D eigenvalue weighted by Gasteiger charge is 2.25. The van der Waals surface area contributed by atoms with Crippen molar-refractivity contribution in [3.05, 3.63) is 179 Å². The summed E-state index contributed by atoms with van der Waals surface area (Å²) in [5.41, 5.74) is 12.9. The Morgan fingerprint density at radius 1 is 0.522 bits per heavy atom. The van der Waals surface area contributed by atoms with Gasteiger partial charge in [-0.05, 0) is 183 Å². The fraction of sp³-hybridized carbons (Fsp3) is 0.324. The van der Waals surface area contributed by atoms with Crippen molar-refractivity contribution in [1.82, 2.24) is 94.3 Å². The van der Waals surface area contributed by atoms with E-state index in [9.17, 15) is 8.78 Å². The molecule has 0 saturated carbocycles. The van der Waals surface area contributed by atoms with E-state index in [1.807, 2.05) is 80.3 Å². The maximum Gasteiger partial charge on any atom is 0.196 e. The summed E-state index contributed by atoms with van der Waals surface area (Å²) in [7, 11) is 0. The lowest BCUT2D eigenvalue weighted by Crippen LogP contribution is -2.32. The van der Waals surface area contributed by atoms with E-state index in [1.165, 1.54) is 18.2 Å². The quantitative estimate of drug-likeness (QED) is 0.115. The minimum absolute atomic E-state index is 0.259. The van der Waals surface area contributed by atoms with Gasteiger partial charge in [-0.3, -0.25) is 0 Å². The van der Waals surface area contributed by atoms with Crippen LogP contribution in [0.25, 0.3) is 83.4 Å². The molecule has 10 aromatic heterocycles. The highest BCUT2D eigenvalue weighted by molar-refractivity contribution is 5.86. The molecular weight excluding hydrogens is 1170 g/mol.